The number of amides is 7. The predicted molar refractivity (Wildman–Crippen MR) is 329 cm³/mol. The third-order valence-electron chi connectivity index (χ3n) is 18.5. The van der Waals surface area contributed by atoms with Crippen molar-refractivity contribution in [1.29, 1.82) is 0 Å². The average Bonchev–Trinajstić information content (AvgIpc) is 1.08. The molecule has 5 aliphatic rings. The Morgan fingerprint density at radius 1 is 0.733 bits per heavy atom. The zero-order valence-corrected chi connectivity index (χ0v) is 54.1. The number of nitrogens with zero attached hydrogens (tertiary/aromatic N) is 3. The fourth-order valence-electron chi connectivity index (χ4n) is 13.0. The molecule has 7 amide bonds. The molecule has 2 saturated carbocycles. The molecule has 3 saturated heterocycles. The Kier molecular flexibility index (Phi) is 28.9. The van der Waals surface area contributed by atoms with E-state index in [0.717, 1.165) is 49.0 Å². The maximum Gasteiger partial charge on any atom is 0.329 e. The number of carbonyl (C=O) groups is 11. The first kappa shape index (κ1) is 72.5. The molecule has 502 valence electrons. The first-order chi connectivity index (χ1) is 42.9. The van der Waals surface area contributed by atoms with Crippen LogP contribution in [0.15, 0.2) is 30.3 Å². The number of ether oxygens (including phenoxy) is 5. The van der Waals surface area contributed by atoms with Crippen molar-refractivity contribution in [3.63, 3.8) is 0 Å². The Balaban J connectivity index is 1.17. The topological polar surface area (TPSA) is 312 Å². The van der Waals surface area contributed by atoms with Gasteiger partial charge in [-0.2, -0.15) is 0 Å². The number of piperidine rings is 1. The minimum Gasteiger partial charge on any atom is -0.462 e. The van der Waals surface area contributed by atoms with Crippen molar-refractivity contribution < 1.29 is 81.5 Å². The minimum absolute atomic E-state index is 0.00413. The second-order valence-electron chi connectivity index (χ2n) is 26.0. The van der Waals surface area contributed by atoms with Crippen molar-refractivity contribution in [2.45, 2.75) is 236 Å². The number of ketones is 1. The molecule has 2 bridgehead atoms. The largest absolute Gasteiger partial charge is 0.462 e. The quantitative estimate of drug-likeness (QED) is 0.103. The van der Waals surface area contributed by atoms with Crippen LogP contribution in [0.5, 0.6) is 0 Å². The van der Waals surface area contributed by atoms with Crippen molar-refractivity contribution >= 4 is 65.0 Å². The van der Waals surface area contributed by atoms with Gasteiger partial charge in [-0.15, -0.1) is 0 Å². The lowest BCUT2D eigenvalue weighted by atomic mass is 9.78. The van der Waals surface area contributed by atoms with Gasteiger partial charge in [-0.05, 0) is 120 Å². The van der Waals surface area contributed by atoms with Crippen LogP contribution in [0.2, 0.25) is 0 Å². The molecule has 2 aliphatic carbocycles. The molecule has 90 heavy (non-hydrogen) atoms. The van der Waals surface area contributed by atoms with Crippen molar-refractivity contribution in [2.75, 3.05) is 53.9 Å². The van der Waals surface area contributed by atoms with Gasteiger partial charge < -0.3 is 64.8 Å². The van der Waals surface area contributed by atoms with Gasteiger partial charge >= 0.3 is 17.9 Å². The number of methoxy groups -OCH3 is 1. The molecule has 11 atom stereocenters. The number of benzene rings is 1. The number of fused-ring (bicyclic) bond motifs is 3. The highest BCUT2D eigenvalue weighted by Gasteiger charge is 2.53. The molecule has 3 heterocycles. The summed E-state index contributed by atoms with van der Waals surface area (Å²) in [6.07, 6.45) is 8.14. The van der Waals surface area contributed by atoms with Gasteiger partial charge in [-0.3, -0.25) is 47.9 Å². The fraction of sp³-hybridized carbons (Fsp3) is 0.742. The summed E-state index contributed by atoms with van der Waals surface area (Å²) in [5.74, 6) is -11.8. The zero-order valence-electron chi connectivity index (χ0n) is 54.1. The third kappa shape index (κ3) is 22.1. The summed E-state index contributed by atoms with van der Waals surface area (Å²) in [6, 6.07) is 5.47. The van der Waals surface area contributed by atoms with Crippen LogP contribution in [0.25, 0.3) is 0 Å². The van der Waals surface area contributed by atoms with Gasteiger partial charge in [-0.1, -0.05) is 83.7 Å². The zero-order chi connectivity index (χ0) is 65.5. The highest BCUT2D eigenvalue weighted by Crippen LogP contribution is 2.37. The van der Waals surface area contributed by atoms with E-state index in [9.17, 15) is 57.8 Å². The summed E-state index contributed by atoms with van der Waals surface area (Å²) in [5, 5.41) is 22.9. The first-order valence-electron chi connectivity index (χ1n) is 33.0. The lowest BCUT2D eigenvalue weighted by Crippen LogP contribution is -2.60. The molecule has 1 aromatic carbocycles. The van der Waals surface area contributed by atoms with E-state index in [1.807, 2.05) is 26.8 Å². The van der Waals surface area contributed by atoms with E-state index in [1.54, 1.807) is 31.2 Å². The average molecular weight is 1260 g/mol. The molecular formula is C66H101N7O17. The van der Waals surface area contributed by atoms with Crippen molar-refractivity contribution in [3.8, 4) is 0 Å². The van der Waals surface area contributed by atoms with E-state index < -0.39 is 138 Å². The van der Waals surface area contributed by atoms with E-state index in [-0.39, 0.29) is 95.4 Å². The summed E-state index contributed by atoms with van der Waals surface area (Å²) in [4.78, 5) is 155. The molecule has 5 fully saturated rings. The van der Waals surface area contributed by atoms with Crippen molar-refractivity contribution in [1.82, 2.24) is 36.0 Å². The van der Waals surface area contributed by atoms with Gasteiger partial charge in [0.25, 0.3) is 11.7 Å². The van der Waals surface area contributed by atoms with E-state index in [4.69, 9.17) is 23.7 Å². The van der Waals surface area contributed by atoms with Crippen LogP contribution in [-0.2, 0) is 82.8 Å². The molecule has 0 unspecified atom stereocenters. The lowest BCUT2D eigenvalue weighted by molar-refractivity contribution is -0.263. The Hall–Kier alpha value is -6.53. The summed E-state index contributed by atoms with van der Waals surface area (Å²) in [7, 11) is 4.38. The standard InChI is InChI=1S/C66H101N7O17/c1-42(2)35-51-62(81)70-49(37-45-19-13-12-14-20-45)63(82)71(5)41-57(76)68-33-32-67-56(75)39-53(43(3)36-46-25-28-52(54(38-46)86-7)88-60(79)31-30-59(78)87-47-21-15-10-8-9-11-16-22-47)89-65(84)50-23-17-18-34-73(50)64(83)61(80)66(85)44(4)24-26-48(90-66)27-29-55(74)69-40-58(77)72(51)6/h12-14,19-20,42-44,46-54,85H,8-11,15-18,21-41H2,1-7H3,(H,67,75)(H,68,76)(H,69,74)(H,70,81)/t43-,44-,46+,48+,49+,50+,51+,52-,53+,54-,66-/m1/s1. The van der Waals surface area contributed by atoms with E-state index in [0.29, 0.717) is 44.9 Å². The van der Waals surface area contributed by atoms with Crippen LogP contribution in [0.3, 0.4) is 0 Å². The molecule has 0 spiro atoms. The molecular weight excluding hydrogens is 1160 g/mol. The highest BCUT2D eigenvalue weighted by molar-refractivity contribution is 6.39. The Morgan fingerprint density at radius 2 is 1.39 bits per heavy atom. The van der Waals surface area contributed by atoms with Gasteiger partial charge in [-0.25, -0.2) is 4.79 Å². The van der Waals surface area contributed by atoms with Crippen molar-refractivity contribution in [2.24, 2.45) is 23.7 Å². The molecule has 6 rings (SSSR count). The number of hydrogen-bond acceptors (Lipinski definition) is 17. The summed E-state index contributed by atoms with van der Waals surface area (Å²) < 4.78 is 29.8. The number of esters is 3. The Morgan fingerprint density at radius 3 is 2.07 bits per heavy atom. The van der Waals surface area contributed by atoms with Gasteiger partial charge in [0.2, 0.25) is 41.2 Å². The molecule has 1 aromatic rings. The molecule has 0 aromatic heterocycles. The maximum absolute atomic E-state index is 14.6. The monoisotopic (exact) mass is 1260 g/mol. The normalized spacial score (nSPS) is 29.3. The van der Waals surface area contributed by atoms with Crippen molar-refractivity contribution in [3.05, 3.63) is 35.9 Å². The number of cyclic esters (lactones) is 1. The van der Waals surface area contributed by atoms with Crippen LogP contribution in [0.4, 0.5) is 0 Å². The lowest BCUT2D eigenvalue weighted by Gasteiger charge is -2.42. The van der Waals surface area contributed by atoms with E-state index in [2.05, 4.69) is 21.3 Å². The minimum atomic E-state index is -2.61. The summed E-state index contributed by atoms with van der Waals surface area (Å²) >= 11 is 0. The van der Waals surface area contributed by atoms with Crippen LogP contribution < -0.4 is 21.3 Å². The number of nitrogens with one attached hydrogen (secondary N) is 4. The SMILES string of the molecule is CO[C@@H]1C[C@H](C[C@@H](C)[C@@H]2CC(=O)NCCNC(=O)CN(C)C(=O)[C@H](Cc3ccccc3)NC(=O)[C@H](CC(C)C)N(C)C(=O)CNC(=O)CC[C@@H]3CC[C@@H](C)[C@@](O)(O3)C(=O)C(=O)N3CCCC[C@H]3C(=O)O2)CC[C@H]1OC(=O)CCC(=O)OC1CCCCCCCC1. The predicted octanol–water partition coefficient (Wildman–Crippen LogP) is 4.52. The number of aliphatic hydroxyl groups is 1. The van der Waals surface area contributed by atoms with Crippen LogP contribution in [0, 0.1) is 23.7 Å². The van der Waals surface area contributed by atoms with Gasteiger partial charge in [0, 0.05) is 59.6 Å². The second-order valence-corrected chi connectivity index (χ2v) is 26.0. The van der Waals surface area contributed by atoms with Gasteiger partial charge in [0.15, 0.2) is 0 Å². The molecule has 24 nitrogen and oxygen atoms in total. The Labute approximate surface area is 530 Å². The fourth-order valence-corrected chi connectivity index (χ4v) is 13.0. The summed E-state index contributed by atoms with van der Waals surface area (Å²) in [6.45, 7) is 6.11. The number of carbonyl (C=O) groups excluding carboxylic acids is 11. The molecule has 24 heteroatoms. The van der Waals surface area contributed by atoms with Gasteiger partial charge in [0.05, 0.1) is 44.6 Å². The summed E-state index contributed by atoms with van der Waals surface area (Å²) in [5.41, 5.74) is 0.718. The number of Topliss-reactive ketones (excluding diaryl/α,β-unsaturated/α-hetero) is 1. The van der Waals surface area contributed by atoms with E-state index in [1.165, 1.54) is 43.8 Å². The van der Waals surface area contributed by atoms with Crippen LogP contribution in [-0.4, -0.2) is 193 Å². The molecule has 3 aliphatic heterocycles. The first-order valence-corrected chi connectivity index (χ1v) is 33.0. The van der Waals surface area contributed by atoms with Gasteiger partial charge in [0.1, 0.15) is 36.4 Å². The molecule has 5 N–H and O–H groups in total. The third-order valence-corrected chi connectivity index (χ3v) is 18.5. The smallest absolute Gasteiger partial charge is 0.329 e. The van der Waals surface area contributed by atoms with Crippen LogP contribution >= 0.6 is 0 Å². The van der Waals surface area contributed by atoms with E-state index >= 15 is 0 Å². The van der Waals surface area contributed by atoms with Crippen LogP contribution in [0.1, 0.15) is 181 Å². The number of rotatable bonds is 13. The maximum atomic E-state index is 14.6. The number of likely N-dealkylation sites (N-methyl/N-ethyl adjacent to an activating group) is 2. The molecule has 0 radical (unpaired) electrons. The number of hydrogen-bond donors (Lipinski definition) is 5. The second kappa shape index (κ2) is 35.9. The highest BCUT2D eigenvalue weighted by atomic mass is 16.6. The Bertz CT molecular complexity index is 2600.